The van der Waals surface area contributed by atoms with Gasteiger partial charge in [0.25, 0.3) is 0 Å². The second-order valence-electron chi connectivity index (χ2n) is 2.95. The molecule has 0 radical (unpaired) electrons. The van der Waals surface area contributed by atoms with Gasteiger partial charge in [-0.1, -0.05) is 23.2 Å². The Morgan fingerprint density at radius 2 is 2.15 bits per heavy atom. The summed E-state index contributed by atoms with van der Waals surface area (Å²) in [6, 6.07) is 3.28. The molecule has 0 amide bonds. The zero-order chi connectivity index (χ0) is 9.42. The van der Waals surface area contributed by atoms with Crippen LogP contribution in [0, 0.1) is 0 Å². The Bertz CT molecular complexity index is 339. The van der Waals surface area contributed by atoms with Crippen LogP contribution in [0.2, 0.25) is 10.0 Å². The topological polar surface area (TPSA) is 29.5 Å². The van der Waals surface area contributed by atoms with E-state index < -0.39 is 6.10 Å². The summed E-state index contributed by atoms with van der Waals surface area (Å²) in [6.45, 7) is 0.505. The van der Waals surface area contributed by atoms with Crippen LogP contribution in [0.1, 0.15) is 18.1 Å². The molecule has 0 saturated heterocycles. The number of hydrogen-bond donors (Lipinski definition) is 1. The van der Waals surface area contributed by atoms with Gasteiger partial charge in [0.15, 0.2) is 0 Å². The SMILES string of the molecule is OC1CCOc2cc(Cl)cc(Cl)c21. The number of fused-ring (bicyclic) bond motifs is 1. The van der Waals surface area contributed by atoms with E-state index in [0.29, 0.717) is 34.4 Å². The highest BCUT2D eigenvalue weighted by Crippen LogP contribution is 2.39. The number of halogens is 2. The number of aliphatic hydroxyl groups is 1. The van der Waals surface area contributed by atoms with E-state index in [9.17, 15) is 5.11 Å². The molecular formula is C9H8Cl2O2. The monoisotopic (exact) mass is 218 g/mol. The van der Waals surface area contributed by atoms with Gasteiger partial charge in [0.2, 0.25) is 0 Å². The van der Waals surface area contributed by atoms with Gasteiger partial charge in [0.1, 0.15) is 5.75 Å². The van der Waals surface area contributed by atoms with Crippen molar-refractivity contribution in [2.45, 2.75) is 12.5 Å². The maximum atomic E-state index is 9.63. The first-order valence-electron chi connectivity index (χ1n) is 3.98. The Hall–Kier alpha value is -0.440. The van der Waals surface area contributed by atoms with Gasteiger partial charge in [-0.3, -0.25) is 0 Å². The van der Waals surface area contributed by atoms with Gasteiger partial charge in [-0.05, 0) is 12.1 Å². The molecular weight excluding hydrogens is 211 g/mol. The molecule has 1 unspecified atom stereocenters. The van der Waals surface area contributed by atoms with Crippen molar-refractivity contribution in [3.05, 3.63) is 27.7 Å². The van der Waals surface area contributed by atoms with Crippen molar-refractivity contribution in [1.29, 1.82) is 0 Å². The predicted octanol–water partition coefficient (Wildman–Crippen LogP) is 2.81. The van der Waals surface area contributed by atoms with Crippen molar-refractivity contribution in [1.82, 2.24) is 0 Å². The minimum atomic E-state index is -0.534. The van der Waals surface area contributed by atoms with E-state index in [1.165, 1.54) is 0 Å². The highest BCUT2D eigenvalue weighted by Gasteiger charge is 2.22. The molecule has 0 fully saturated rings. The molecule has 0 aliphatic carbocycles. The second-order valence-corrected chi connectivity index (χ2v) is 3.80. The fourth-order valence-corrected chi connectivity index (χ4v) is 2.03. The number of hydrogen-bond acceptors (Lipinski definition) is 2. The zero-order valence-electron chi connectivity index (χ0n) is 6.76. The highest BCUT2D eigenvalue weighted by atomic mass is 35.5. The van der Waals surface area contributed by atoms with E-state index in [1.807, 2.05) is 0 Å². The number of aliphatic hydroxyl groups excluding tert-OH is 1. The molecule has 1 aromatic rings. The van der Waals surface area contributed by atoms with E-state index in [4.69, 9.17) is 27.9 Å². The van der Waals surface area contributed by atoms with Crippen LogP contribution >= 0.6 is 23.2 Å². The summed E-state index contributed by atoms with van der Waals surface area (Å²) in [7, 11) is 0. The summed E-state index contributed by atoms with van der Waals surface area (Å²) in [5.41, 5.74) is 0.650. The van der Waals surface area contributed by atoms with Crippen LogP contribution in [-0.4, -0.2) is 11.7 Å². The van der Waals surface area contributed by atoms with Crippen LogP contribution in [0.4, 0.5) is 0 Å². The van der Waals surface area contributed by atoms with Crippen LogP contribution in [0.3, 0.4) is 0 Å². The molecule has 1 aliphatic heterocycles. The quantitative estimate of drug-likeness (QED) is 0.726. The van der Waals surface area contributed by atoms with E-state index in [1.54, 1.807) is 12.1 Å². The first-order chi connectivity index (χ1) is 6.18. The highest BCUT2D eigenvalue weighted by molar-refractivity contribution is 6.35. The second kappa shape index (κ2) is 3.37. The van der Waals surface area contributed by atoms with Crippen molar-refractivity contribution in [2.24, 2.45) is 0 Å². The van der Waals surface area contributed by atoms with Crippen LogP contribution in [0.15, 0.2) is 12.1 Å². The standard InChI is InChI=1S/C9H8Cl2O2/c10-5-3-6(11)9-7(12)1-2-13-8(9)4-5/h3-4,7,12H,1-2H2. The lowest BCUT2D eigenvalue weighted by atomic mass is 10.0. The van der Waals surface area contributed by atoms with Crippen LogP contribution in [0.25, 0.3) is 0 Å². The lowest BCUT2D eigenvalue weighted by molar-refractivity contribution is 0.115. The summed E-state index contributed by atoms with van der Waals surface area (Å²) in [5, 5.41) is 10.6. The Morgan fingerprint density at radius 3 is 2.92 bits per heavy atom. The molecule has 1 heterocycles. The van der Waals surface area contributed by atoms with E-state index in [-0.39, 0.29) is 0 Å². The van der Waals surface area contributed by atoms with E-state index in [0.717, 1.165) is 0 Å². The van der Waals surface area contributed by atoms with Gasteiger partial charge in [0.05, 0.1) is 17.7 Å². The lowest BCUT2D eigenvalue weighted by Crippen LogP contribution is -2.14. The lowest BCUT2D eigenvalue weighted by Gasteiger charge is -2.23. The smallest absolute Gasteiger partial charge is 0.128 e. The van der Waals surface area contributed by atoms with Crippen LogP contribution in [0.5, 0.6) is 5.75 Å². The summed E-state index contributed by atoms with van der Waals surface area (Å²) in [4.78, 5) is 0. The van der Waals surface area contributed by atoms with Crippen LogP contribution in [-0.2, 0) is 0 Å². The maximum absolute atomic E-state index is 9.63. The van der Waals surface area contributed by atoms with Crippen molar-refractivity contribution < 1.29 is 9.84 Å². The molecule has 2 rings (SSSR count). The minimum Gasteiger partial charge on any atom is -0.493 e. The molecule has 0 aromatic heterocycles. The van der Waals surface area contributed by atoms with Crippen molar-refractivity contribution in [3.63, 3.8) is 0 Å². The molecule has 13 heavy (non-hydrogen) atoms. The minimum absolute atomic E-state index is 0.467. The fraction of sp³-hybridized carbons (Fsp3) is 0.333. The Balaban J connectivity index is 2.56. The van der Waals surface area contributed by atoms with Gasteiger partial charge in [-0.25, -0.2) is 0 Å². The number of ether oxygens (including phenoxy) is 1. The predicted molar refractivity (Wildman–Crippen MR) is 51.5 cm³/mol. The first kappa shape index (κ1) is 9.13. The van der Waals surface area contributed by atoms with Gasteiger partial charge < -0.3 is 9.84 Å². The van der Waals surface area contributed by atoms with E-state index >= 15 is 0 Å². The molecule has 1 aliphatic rings. The third kappa shape index (κ3) is 1.62. The van der Waals surface area contributed by atoms with Gasteiger partial charge in [-0.15, -0.1) is 0 Å². The maximum Gasteiger partial charge on any atom is 0.128 e. The fourth-order valence-electron chi connectivity index (χ4n) is 1.43. The third-order valence-electron chi connectivity index (χ3n) is 2.04. The first-order valence-corrected chi connectivity index (χ1v) is 4.74. The van der Waals surface area contributed by atoms with Crippen molar-refractivity contribution in [2.75, 3.05) is 6.61 Å². The molecule has 0 spiro atoms. The van der Waals surface area contributed by atoms with E-state index in [2.05, 4.69) is 0 Å². The van der Waals surface area contributed by atoms with Crippen LogP contribution < -0.4 is 4.74 Å². The summed E-state index contributed by atoms with van der Waals surface area (Å²) in [5.74, 6) is 0.594. The zero-order valence-corrected chi connectivity index (χ0v) is 8.27. The molecule has 2 nitrogen and oxygen atoms in total. The van der Waals surface area contributed by atoms with Crippen molar-refractivity contribution in [3.8, 4) is 5.75 Å². The Morgan fingerprint density at radius 1 is 1.38 bits per heavy atom. The Kier molecular flexibility index (Phi) is 2.37. The normalized spacial score (nSPS) is 20.7. The molecule has 1 aromatic carbocycles. The molecule has 70 valence electrons. The molecule has 4 heteroatoms. The molecule has 1 N–H and O–H groups in total. The molecule has 0 saturated carbocycles. The van der Waals surface area contributed by atoms with Gasteiger partial charge >= 0.3 is 0 Å². The largest absolute Gasteiger partial charge is 0.493 e. The average molecular weight is 219 g/mol. The Labute approximate surface area is 86.0 Å². The van der Waals surface area contributed by atoms with Crippen molar-refractivity contribution >= 4 is 23.2 Å². The summed E-state index contributed by atoms with van der Waals surface area (Å²) >= 11 is 11.7. The summed E-state index contributed by atoms with van der Waals surface area (Å²) in [6.07, 6.45) is 0.0439. The third-order valence-corrected chi connectivity index (χ3v) is 2.57. The summed E-state index contributed by atoms with van der Waals surface area (Å²) < 4.78 is 5.33. The van der Waals surface area contributed by atoms with Gasteiger partial charge in [-0.2, -0.15) is 0 Å². The molecule has 1 atom stereocenters. The number of rotatable bonds is 0. The average Bonchev–Trinajstić information content (AvgIpc) is 2.02. The van der Waals surface area contributed by atoms with Gasteiger partial charge in [0, 0.05) is 17.0 Å². The number of benzene rings is 1. The molecule has 0 bridgehead atoms.